The predicted molar refractivity (Wildman–Crippen MR) is 86.9 cm³/mol. The van der Waals surface area contributed by atoms with Crippen LogP contribution in [0.15, 0.2) is 46.1 Å². The zero-order chi connectivity index (χ0) is 20.5. The van der Waals surface area contributed by atoms with Crippen molar-refractivity contribution in [2.75, 3.05) is 0 Å². The summed E-state index contributed by atoms with van der Waals surface area (Å²) in [6.07, 6.45) is -12.0. The molecule has 1 aliphatic rings. The van der Waals surface area contributed by atoms with Gasteiger partial charge in [-0.05, 0) is 5.56 Å². The number of hydrogen-bond donors (Lipinski definition) is 2. The average molecular weight is 404 g/mol. The lowest BCUT2D eigenvalue weighted by atomic mass is 10.1. The van der Waals surface area contributed by atoms with E-state index in [0.717, 1.165) is 0 Å². The van der Waals surface area contributed by atoms with Crippen LogP contribution >= 0.6 is 0 Å². The lowest BCUT2D eigenvalue weighted by molar-refractivity contribution is -0.247. The molecule has 1 aromatic carbocycles. The quantitative estimate of drug-likeness (QED) is 0.737. The summed E-state index contributed by atoms with van der Waals surface area (Å²) in [7, 11) is 0. The maximum absolute atomic E-state index is 13.5. The average Bonchev–Trinajstić information content (AvgIpc) is 3.06. The Morgan fingerprint density at radius 3 is 2.61 bits per heavy atom. The maximum atomic E-state index is 13.5. The number of benzene rings is 1. The lowest BCUT2D eigenvalue weighted by Gasteiger charge is -2.25. The molecule has 152 valence electrons. The van der Waals surface area contributed by atoms with Crippen LogP contribution in [0.1, 0.15) is 18.2 Å². The van der Waals surface area contributed by atoms with Crippen LogP contribution in [-0.4, -0.2) is 39.1 Å². The molecule has 0 bridgehead atoms. The third kappa shape index (κ3) is 4.32. The largest absolute Gasteiger partial charge is 0.417 e. The van der Waals surface area contributed by atoms with Crippen LogP contribution in [0.2, 0.25) is 0 Å². The van der Waals surface area contributed by atoms with Gasteiger partial charge in [-0.2, -0.15) is 17.6 Å². The molecule has 0 aliphatic carbocycles. The summed E-state index contributed by atoms with van der Waals surface area (Å²) in [4.78, 5) is 24.7. The SMILES string of the molecule is O=c1[nH]c(=O)n([C@H]2C[C@H](OCc3ccccc3)[C@@H]([C@@H](O)C(F)(F)F)O2)cc1F. The van der Waals surface area contributed by atoms with E-state index in [2.05, 4.69) is 0 Å². The Balaban J connectivity index is 1.85. The highest BCUT2D eigenvalue weighted by molar-refractivity contribution is 5.13. The molecule has 2 heterocycles. The molecule has 1 saturated heterocycles. The third-order valence-corrected chi connectivity index (χ3v) is 4.30. The summed E-state index contributed by atoms with van der Waals surface area (Å²) in [5.74, 6) is -1.30. The first-order chi connectivity index (χ1) is 13.2. The summed E-state index contributed by atoms with van der Waals surface area (Å²) < 4.78 is 63.8. The Hall–Kier alpha value is -2.50. The van der Waals surface area contributed by atoms with E-state index in [1.54, 1.807) is 35.3 Å². The van der Waals surface area contributed by atoms with Crippen molar-refractivity contribution in [3.05, 3.63) is 68.7 Å². The number of aliphatic hydroxyl groups is 1. The van der Waals surface area contributed by atoms with Crippen LogP contribution in [0.4, 0.5) is 17.6 Å². The second-order valence-corrected chi connectivity index (χ2v) is 6.26. The van der Waals surface area contributed by atoms with Crippen LogP contribution < -0.4 is 11.2 Å². The number of aromatic nitrogens is 2. The van der Waals surface area contributed by atoms with Crippen molar-refractivity contribution in [3.63, 3.8) is 0 Å². The Kier molecular flexibility index (Phi) is 5.68. The lowest BCUT2D eigenvalue weighted by Crippen LogP contribution is -2.45. The third-order valence-electron chi connectivity index (χ3n) is 4.30. The number of rotatable bonds is 5. The van der Waals surface area contributed by atoms with Crippen LogP contribution in [0.5, 0.6) is 0 Å². The molecule has 0 spiro atoms. The van der Waals surface area contributed by atoms with Crippen molar-refractivity contribution in [1.29, 1.82) is 0 Å². The van der Waals surface area contributed by atoms with Crippen LogP contribution in [0.25, 0.3) is 0 Å². The van der Waals surface area contributed by atoms with Gasteiger partial charge in [-0.15, -0.1) is 0 Å². The molecule has 0 radical (unpaired) electrons. The number of aliphatic hydroxyl groups excluding tert-OH is 1. The van der Waals surface area contributed by atoms with E-state index in [1.165, 1.54) is 0 Å². The molecule has 1 aliphatic heterocycles. The Labute approximate surface area is 155 Å². The van der Waals surface area contributed by atoms with Gasteiger partial charge in [0.2, 0.25) is 5.82 Å². The second-order valence-electron chi connectivity index (χ2n) is 6.26. The van der Waals surface area contributed by atoms with Gasteiger partial charge in [0.25, 0.3) is 5.56 Å². The smallest absolute Gasteiger partial charge is 0.381 e. The van der Waals surface area contributed by atoms with E-state index in [4.69, 9.17) is 9.47 Å². The van der Waals surface area contributed by atoms with Gasteiger partial charge in [0.1, 0.15) is 12.3 Å². The minimum absolute atomic E-state index is 0.0580. The monoisotopic (exact) mass is 404 g/mol. The van der Waals surface area contributed by atoms with Gasteiger partial charge < -0.3 is 14.6 Å². The summed E-state index contributed by atoms with van der Waals surface area (Å²) >= 11 is 0. The van der Waals surface area contributed by atoms with Crippen molar-refractivity contribution in [3.8, 4) is 0 Å². The zero-order valence-corrected chi connectivity index (χ0v) is 14.2. The fraction of sp³-hybridized carbons (Fsp3) is 0.412. The number of nitrogens with one attached hydrogen (secondary N) is 1. The van der Waals surface area contributed by atoms with E-state index in [1.807, 2.05) is 0 Å². The summed E-state index contributed by atoms with van der Waals surface area (Å²) in [6.45, 7) is -0.0580. The first kappa shape index (κ1) is 20.2. The summed E-state index contributed by atoms with van der Waals surface area (Å²) in [5.41, 5.74) is -1.64. The van der Waals surface area contributed by atoms with Gasteiger partial charge >= 0.3 is 11.9 Å². The predicted octanol–water partition coefficient (Wildman–Crippen LogP) is 1.47. The van der Waals surface area contributed by atoms with Crippen molar-refractivity contribution < 1.29 is 32.1 Å². The highest BCUT2D eigenvalue weighted by Gasteiger charge is 2.52. The second kappa shape index (κ2) is 7.86. The molecular weight excluding hydrogens is 388 g/mol. The molecule has 2 aromatic rings. The summed E-state index contributed by atoms with van der Waals surface area (Å²) in [5, 5.41) is 9.64. The minimum Gasteiger partial charge on any atom is -0.381 e. The molecule has 2 N–H and O–H groups in total. The molecule has 11 heteroatoms. The number of H-pyrrole nitrogens is 1. The van der Waals surface area contributed by atoms with Gasteiger partial charge in [0.05, 0.1) is 18.9 Å². The van der Waals surface area contributed by atoms with Gasteiger partial charge in [-0.3, -0.25) is 14.3 Å². The first-order valence-electron chi connectivity index (χ1n) is 8.23. The molecule has 0 amide bonds. The summed E-state index contributed by atoms with van der Waals surface area (Å²) in [6, 6.07) is 8.59. The van der Waals surface area contributed by atoms with Gasteiger partial charge in [-0.1, -0.05) is 30.3 Å². The Bertz CT molecular complexity index is 928. The number of alkyl halides is 3. The maximum Gasteiger partial charge on any atom is 0.417 e. The van der Waals surface area contributed by atoms with Crippen molar-refractivity contribution in [2.24, 2.45) is 0 Å². The van der Waals surface area contributed by atoms with Gasteiger partial charge in [0, 0.05) is 6.42 Å². The van der Waals surface area contributed by atoms with Gasteiger partial charge in [-0.25, -0.2) is 4.79 Å². The van der Waals surface area contributed by atoms with Crippen LogP contribution in [0, 0.1) is 5.82 Å². The molecule has 1 aromatic heterocycles. The van der Waals surface area contributed by atoms with E-state index in [0.29, 0.717) is 16.3 Å². The molecule has 0 unspecified atom stereocenters. The topological polar surface area (TPSA) is 93.6 Å². The Morgan fingerprint density at radius 2 is 1.96 bits per heavy atom. The number of hydrogen-bond acceptors (Lipinski definition) is 5. The highest BCUT2D eigenvalue weighted by Crippen LogP contribution is 2.37. The fourth-order valence-corrected chi connectivity index (χ4v) is 2.92. The van der Waals surface area contributed by atoms with E-state index >= 15 is 0 Å². The van der Waals surface area contributed by atoms with Gasteiger partial charge in [0.15, 0.2) is 6.10 Å². The molecule has 4 atom stereocenters. The van der Waals surface area contributed by atoms with E-state index < -0.39 is 47.8 Å². The van der Waals surface area contributed by atoms with Crippen LogP contribution in [-0.2, 0) is 16.1 Å². The Morgan fingerprint density at radius 1 is 1.29 bits per heavy atom. The standard InChI is InChI=1S/C17H16F4N2O5/c18-10-7-23(16(26)22-15(10)25)12-6-11(13(28-12)14(24)17(19,20)21)27-8-9-4-2-1-3-5-9/h1-5,7,11-14,24H,6,8H2,(H,22,25,26)/t11-,12+,13-,14+/m0/s1. The molecule has 3 rings (SSSR count). The molecule has 0 saturated carbocycles. The molecule has 28 heavy (non-hydrogen) atoms. The molecular formula is C17H16F4N2O5. The van der Waals surface area contributed by atoms with E-state index in [-0.39, 0.29) is 13.0 Å². The number of halogens is 4. The van der Waals surface area contributed by atoms with E-state index in [9.17, 15) is 32.3 Å². The number of nitrogens with zero attached hydrogens (tertiary/aromatic N) is 1. The van der Waals surface area contributed by atoms with Crippen molar-refractivity contribution in [1.82, 2.24) is 9.55 Å². The van der Waals surface area contributed by atoms with Crippen LogP contribution in [0.3, 0.4) is 0 Å². The first-order valence-corrected chi connectivity index (χ1v) is 8.23. The highest BCUT2D eigenvalue weighted by atomic mass is 19.4. The number of aromatic amines is 1. The van der Waals surface area contributed by atoms with Crippen molar-refractivity contribution in [2.45, 2.75) is 43.7 Å². The zero-order valence-electron chi connectivity index (χ0n) is 14.2. The normalized spacial score (nSPS) is 23.7. The fourth-order valence-electron chi connectivity index (χ4n) is 2.92. The molecule has 1 fully saturated rings. The van der Waals surface area contributed by atoms with Crippen molar-refractivity contribution >= 4 is 0 Å². The minimum atomic E-state index is -4.99. The number of ether oxygens (including phenoxy) is 2. The molecule has 7 nitrogen and oxygen atoms in total.